The summed E-state index contributed by atoms with van der Waals surface area (Å²) in [6.45, 7) is 0.0499. The number of hydrogen-bond acceptors (Lipinski definition) is 7. The van der Waals surface area contributed by atoms with E-state index in [1.54, 1.807) is 31.4 Å². The quantitative estimate of drug-likeness (QED) is 0.532. The average molecular weight is 394 g/mol. The number of phenolic OH excluding ortho intramolecular Hbond substituents is 1. The number of hydrogen-bond donors (Lipinski definition) is 1. The predicted molar refractivity (Wildman–Crippen MR) is 101 cm³/mol. The molecule has 1 aliphatic rings. The van der Waals surface area contributed by atoms with Crippen LogP contribution in [-0.4, -0.2) is 29.8 Å². The lowest BCUT2D eigenvalue weighted by Crippen LogP contribution is -2.18. The smallest absolute Gasteiger partial charge is 0.348 e. The fraction of sp³-hybridized carbons (Fsp3) is 0.0952. The van der Waals surface area contributed by atoms with Crippen molar-refractivity contribution in [3.05, 3.63) is 80.5 Å². The topological polar surface area (TPSA) is 89.9 Å². The van der Waals surface area contributed by atoms with Crippen molar-refractivity contribution in [3.8, 4) is 11.5 Å². The third-order valence-corrected chi connectivity index (χ3v) is 5.54. The molecule has 0 saturated carbocycles. The maximum atomic E-state index is 12.7. The molecule has 1 heterocycles. The van der Waals surface area contributed by atoms with Crippen molar-refractivity contribution in [1.82, 2.24) is 0 Å². The van der Waals surface area contributed by atoms with Crippen molar-refractivity contribution in [3.63, 3.8) is 0 Å². The van der Waals surface area contributed by atoms with Crippen LogP contribution in [0.1, 0.15) is 46.4 Å². The van der Waals surface area contributed by atoms with Crippen LogP contribution in [0.3, 0.4) is 0 Å². The number of esters is 1. The van der Waals surface area contributed by atoms with Crippen LogP contribution < -0.4 is 4.74 Å². The third kappa shape index (κ3) is 2.95. The average Bonchev–Trinajstić information content (AvgIpc) is 3.17. The molecule has 0 atom stereocenters. The van der Waals surface area contributed by atoms with Gasteiger partial charge in [-0.3, -0.25) is 9.59 Å². The predicted octanol–water partition coefficient (Wildman–Crippen LogP) is 3.59. The maximum Gasteiger partial charge on any atom is 0.348 e. The van der Waals surface area contributed by atoms with Crippen molar-refractivity contribution in [1.29, 1.82) is 0 Å². The number of carbonyl (C=O) groups excluding carboxylic acids is 3. The van der Waals surface area contributed by atoms with Crippen LogP contribution >= 0.6 is 11.3 Å². The molecular weight excluding hydrogens is 380 g/mol. The molecule has 28 heavy (non-hydrogen) atoms. The minimum Gasteiger partial charge on any atom is -0.507 e. The largest absolute Gasteiger partial charge is 0.507 e. The minimum absolute atomic E-state index is 0.0278. The zero-order chi connectivity index (χ0) is 19.8. The number of benzene rings is 2. The number of ether oxygens (including phenoxy) is 2. The highest BCUT2D eigenvalue weighted by Crippen LogP contribution is 2.37. The number of ketones is 2. The van der Waals surface area contributed by atoms with Gasteiger partial charge in [0.15, 0.2) is 5.78 Å². The Hall–Kier alpha value is -3.45. The Morgan fingerprint density at radius 3 is 2.50 bits per heavy atom. The van der Waals surface area contributed by atoms with E-state index in [9.17, 15) is 19.5 Å². The van der Waals surface area contributed by atoms with Gasteiger partial charge in [-0.2, -0.15) is 0 Å². The van der Waals surface area contributed by atoms with Gasteiger partial charge < -0.3 is 14.6 Å². The molecule has 140 valence electrons. The summed E-state index contributed by atoms with van der Waals surface area (Å²) >= 11 is 0.893. The third-order valence-electron chi connectivity index (χ3n) is 4.43. The Morgan fingerprint density at radius 2 is 1.79 bits per heavy atom. The molecule has 3 aromatic rings. The molecule has 0 fully saturated rings. The molecule has 0 radical (unpaired) electrons. The summed E-state index contributed by atoms with van der Waals surface area (Å²) < 4.78 is 10.4. The molecule has 1 aliphatic carbocycles. The summed E-state index contributed by atoms with van der Waals surface area (Å²) in [6.07, 6.45) is 0. The molecular formula is C21H14O6S. The molecule has 0 aliphatic heterocycles. The van der Waals surface area contributed by atoms with E-state index in [4.69, 9.17) is 9.47 Å². The van der Waals surface area contributed by atoms with Gasteiger partial charge in [-0.05, 0) is 29.8 Å². The van der Waals surface area contributed by atoms with Gasteiger partial charge in [0.05, 0.1) is 17.6 Å². The van der Waals surface area contributed by atoms with Gasteiger partial charge >= 0.3 is 5.97 Å². The molecule has 0 amide bonds. The standard InChI is InChI=1S/C21H14O6S/c1-26-12-7-5-11(6-8-12)10-27-21(25)16-9-14-18(23)13-3-2-4-15(22)17(13)19(24)20(14)28-16/h2-9,22H,10H2,1H3. The van der Waals surface area contributed by atoms with Crippen molar-refractivity contribution in [2.75, 3.05) is 7.11 Å². The van der Waals surface area contributed by atoms with Crippen LogP contribution in [0.5, 0.6) is 11.5 Å². The van der Waals surface area contributed by atoms with E-state index in [0.717, 1.165) is 16.9 Å². The van der Waals surface area contributed by atoms with Crippen LogP contribution in [0.4, 0.5) is 0 Å². The molecule has 7 heteroatoms. The fourth-order valence-electron chi connectivity index (χ4n) is 3.00. The first-order valence-electron chi connectivity index (χ1n) is 8.35. The molecule has 6 nitrogen and oxygen atoms in total. The van der Waals surface area contributed by atoms with Gasteiger partial charge in [0, 0.05) is 11.1 Å². The van der Waals surface area contributed by atoms with Gasteiger partial charge in [-0.1, -0.05) is 24.3 Å². The van der Waals surface area contributed by atoms with Crippen LogP contribution in [0.15, 0.2) is 48.5 Å². The van der Waals surface area contributed by atoms with Crippen LogP contribution in [0, 0.1) is 0 Å². The maximum absolute atomic E-state index is 12.7. The van der Waals surface area contributed by atoms with E-state index >= 15 is 0 Å². The zero-order valence-corrected chi connectivity index (χ0v) is 15.5. The second-order valence-electron chi connectivity index (χ2n) is 6.14. The second kappa shape index (κ2) is 6.94. The Kier molecular flexibility index (Phi) is 4.44. The summed E-state index contributed by atoms with van der Waals surface area (Å²) in [6, 6.07) is 12.8. The molecule has 1 aromatic heterocycles. The van der Waals surface area contributed by atoms with E-state index in [0.29, 0.717) is 5.75 Å². The number of carbonyl (C=O) groups is 3. The fourth-order valence-corrected chi connectivity index (χ4v) is 3.99. The van der Waals surface area contributed by atoms with Crippen molar-refractivity contribution in [2.45, 2.75) is 6.61 Å². The monoisotopic (exact) mass is 394 g/mol. The van der Waals surface area contributed by atoms with Crippen LogP contribution in [0.2, 0.25) is 0 Å². The molecule has 0 bridgehead atoms. The molecule has 0 saturated heterocycles. The van der Waals surface area contributed by atoms with Gasteiger partial charge in [0.2, 0.25) is 5.78 Å². The molecule has 4 rings (SSSR count). The Balaban J connectivity index is 1.57. The van der Waals surface area contributed by atoms with E-state index < -0.39 is 17.5 Å². The normalized spacial score (nSPS) is 12.3. The number of methoxy groups -OCH3 is 1. The molecule has 2 aromatic carbocycles. The van der Waals surface area contributed by atoms with Crippen molar-refractivity contribution in [2.24, 2.45) is 0 Å². The van der Waals surface area contributed by atoms with E-state index in [2.05, 4.69) is 0 Å². The van der Waals surface area contributed by atoms with Crippen LogP contribution in [0.25, 0.3) is 0 Å². The highest BCUT2D eigenvalue weighted by Gasteiger charge is 2.35. The molecule has 0 unspecified atom stereocenters. The number of thiophene rings is 1. The molecule has 1 N–H and O–H groups in total. The van der Waals surface area contributed by atoms with Crippen molar-refractivity contribution < 1.29 is 29.0 Å². The lowest BCUT2D eigenvalue weighted by Gasteiger charge is -2.14. The summed E-state index contributed by atoms with van der Waals surface area (Å²) in [5.41, 5.74) is 1.04. The second-order valence-corrected chi connectivity index (χ2v) is 7.19. The number of aromatic hydroxyl groups is 1. The Bertz CT molecular complexity index is 1110. The molecule has 0 spiro atoms. The first-order valence-corrected chi connectivity index (χ1v) is 9.16. The Morgan fingerprint density at radius 1 is 1.04 bits per heavy atom. The van der Waals surface area contributed by atoms with Gasteiger partial charge in [-0.15, -0.1) is 11.3 Å². The van der Waals surface area contributed by atoms with Crippen molar-refractivity contribution >= 4 is 28.9 Å². The number of fused-ring (bicyclic) bond motifs is 2. The Labute approximate surface area is 164 Å². The SMILES string of the molecule is COc1ccc(COC(=O)c2cc3c(s2)C(=O)c2c(O)cccc2C3=O)cc1. The summed E-state index contributed by atoms with van der Waals surface area (Å²) in [7, 11) is 1.56. The summed E-state index contributed by atoms with van der Waals surface area (Å²) in [5, 5.41) is 9.96. The van der Waals surface area contributed by atoms with Gasteiger partial charge in [-0.25, -0.2) is 4.79 Å². The first-order chi connectivity index (χ1) is 13.5. The lowest BCUT2D eigenvalue weighted by molar-refractivity contribution is 0.0478. The van der Waals surface area contributed by atoms with Gasteiger partial charge in [0.1, 0.15) is 23.0 Å². The highest BCUT2D eigenvalue weighted by atomic mass is 32.1. The van der Waals surface area contributed by atoms with E-state index in [1.807, 2.05) is 0 Å². The van der Waals surface area contributed by atoms with E-state index in [-0.39, 0.29) is 38.8 Å². The van der Waals surface area contributed by atoms with Gasteiger partial charge in [0.25, 0.3) is 0 Å². The summed E-state index contributed by atoms with van der Waals surface area (Å²) in [4.78, 5) is 38.0. The zero-order valence-electron chi connectivity index (χ0n) is 14.7. The van der Waals surface area contributed by atoms with Crippen LogP contribution in [-0.2, 0) is 11.3 Å². The minimum atomic E-state index is -0.621. The lowest BCUT2D eigenvalue weighted by atomic mass is 9.88. The highest BCUT2D eigenvalue weighted by molar-refractivity contribution is 7.16. The van der Waals surface area contributed by atoms with E-state index in [1.165, 1.54) is 24.3 Å². The number of rotatable bonds is 4. The number of phenols is 1. The summed E-state index contributed by atoms with van der Waals surface area (Å²) in [5.74, 6) is -1.05. The first kappa shape index (κ1) is 17.9.